The van der Waals surface area contributed by atoms with Crippen molar-refractivity contribution in [3.8, 4) is 5.75 Å². The predicted molar refractivity (Wildman–Crippen MR) is 74.6 cm³/mol. The fourth-order valence-electron chi connectivity index (χ4n) is 1.56. The van der Waals surface area contributed by atoms with Crippen LogP contribution in [0.4, 0.5) is 0 Å². The summed E-state index contributed by atoms with van der Waals surface area (Å²) in [4.78, 5) is 22.5. The Morgan fingerprint density at radius 1 is 1.30 bits per heavy atom. The lowest BCUT2D eigenvalue weighted by Crippen LogP contribution is -2.13. The number of hydrogen-bond donors (Lipinski definition) is 1. The summed E-state index contributed by atoms with van der Waals surface area (Å²) in [5.41, 5.74) is 1.25. The number of benzene rings is 1. The van der Waals surface area contributed by atoms with E-state index >= 15 is 0 Å². The molecule has 0 aliphatic heterocycles. The highest BCUT2D eigenvalue weighted by Crippen LogP contribution is 2.26. The first kappa shape index (κ1) is 15.8. The van der Waals surface area contributed by atoms with Crippen LogP contribution in [-0.2, 0) is 14.3 Å². The number of ketones is 1. The van der Waals surface area contributed by atoms with Crippen LogP contribution in [0.25, 0.3) is 5.76 Å². The number of aliphatic hydroxyl groups excluding tert-OH is 1. The van der Waals surface area contributed by atoms with Crippen molar-refractivity contribution in [2.24, 2.45) is 0 Å². The van der Waals surface area contributed by atoms with Gasteiger partial charge in [-0.25, -0.2) is 4.79 Å². The summed E-state index contributed by atoms with van der Waals surface area (Å²) in [6.45, 7) is 5.55. The van der Waals surface area contributed by atoms with Gasteiger partial charge >= 0.3 is 5.97 Å². The zero-order valence-corrected chi connectivity index (χ0v) is 12.0. The number of hydrogen-bond acceptors (Lipinski definition) is 5. The van der Waals surface area contributed by atoms with Crippen molar-refractivity contribution in [2.75, 3.05) is 7.11 Å². The van der Waals surface area contributed by atoms with Crippen LogP contribution in [0.5, 0.6) is 5.75 Å². The molecule has 1 aromatic rings. The maximum atomic E-state index is 11.4. The summed E-state index contributed by atoms with van der Waals surface area (Å²) in [5, 5.41) is 10.0. The van der Waals surface area contributed by atoms with Crippen LogP contribution in [0.15, 0.2) is 24.3 Å². The first-order valence-electron chi connectivity index (χ1n) is 6.15. The molecule has 108 valence electrons. The predicted octanol–water partition coefficient (Wildman–Crippen LogP) is 2.42. The van der Waals surface area contributed by atoms with E-state index in [0.29, 0.717) is 11.3 Å². The zero-order valence-electron chi connectivity index (χ0n) is 12.0. The highest BCUT2D eigenvalue weighted by atomic mass is 16.5. The molecular formula is C15H18O5. The molecule has 0 saturated carbocycles. The monoisotopic (exact) mass is 278 g/mol. The van der Waals surface area contributed by atoms with Crippen molar-refractivity contribution in [1.29, 1.82) is 0 Å². The summed E-state index contributed by atoms with van der Waals surface area (Å²) in [7, 11) is 1.10. The number of aliphatic hydroxyl groups is 1. The molecule has 1 rings (SSSR count). The van der Waals surface area contributed by atoms with Crippen LogP contribution >= 0.6 is 0 Å². The molecule has 0 saturated heterocycles. The number of ether oxygens (including phenoxy) is 2. The summed E-state index contributed by atoms with van der Waals surface area (Å²) < 4.78 is 9.85. The molecule has 0 heterocycles. The lowest BCUT2D eigenvalue weighted by Gasteiger charge is -2.14. The van der Waals surface area contributed by atoms with Gasteiger partial charge in [0, 0.05) is 6.08 Å². The third kappa shape index (κ3) is 4.12. The molecule has 0 atom stereocenters. The minimum absolute atomic E-state index is 0.0828. The van der Waals surface area contributed by atoms with Gasteiger partial charge in [0.15, 0.2) is 0 Å². The Balaban J connectivity index is 3.16. The van der Waals surface area contributed by atoms with Crippen molar-refractivity contribution in [3.63, 3.8) is 0 Å². The molecule has 0 aliphatic carbocycles. The molecule has 0 fully saturated rings. The largest absolute Gasteiger partial charge is 0.507 e. The lowest BCUT2D eigenvalue weighted by atomic mass is 10.1. The van der Waals surface area contributed by atoms with Crippen LogP contribution in [0.1, 0.15) is 25.0 Å². The van der Waals surface area contributed by atoms with E-state index in [2.05, 4.69) is 4.74 Å². The Kier molecular flexibility index (Phi) is 5.32. The number of aryl methyl sites for hydroxylation is 1. The van der Waals surface area contributed by atoms with Gasteiger partial charge in [-0.15, -0.1) is 0 Å². The number of carbonyl (C=O) groups excluding carboxylic acids is 2. The van der Waals surface area contributed by atoms with E-state index in [-0.39, 0.29) is 11.9 Å². The third-order valence-corrected chi connectivity index (χ3v) is 2.43. The van der Waals surface area contributed by atoms with E-state index in [0.717, 1.165) is 18.7 Å². The van der Waals surface area contributed by atoms with Gasteiger partial charge in [0.1, 0.15) is 11.5 Å². The van der Waals surface area contributed by atoms with E-state index in [4.69, 9.17) is 4.74 Å². The first-order chi connectivity index (χ1) is 9.35. The van der Waals surface area contributed by atoms with Gasteiger partial charge in [-0.3, -0.25) is 4.79 Å². The van der Waals surface area contributed by atoms with Crippen LogP contribution < -0.4 is 4.74 Å². The van der Waals surface area contributed by atoms with Gasteiger partial charge in [-0.05, 0) is 32.9 Å². The van der Waals surface area contributed by atoms with Gasteiger partial charge in [0.2, 0.25) is 0 Å². The molecule has 20 heavy (non-hydrogen) atoms. The van der Waals surface area contributed by atoms with Gasteiger partial charge < -0.3 is 14.6 Å². The highest BCUT2D eigenvalue weighted by molar-refractivity contribution is 6.39. The van der Waals surface area contributed by atoms with Crippen molar-refractivity contribution < 1.29 is 24.2 Å². The Labute approximate surface area is 117 Å². The summed E-state index contributed by atoms with van der Waals surface area (Å²) in [5.74, 6) is -1.85. The quantitative estimate of drug-likeness (QED) is 0.387. The molecule has 0 spiro atoms. The highest BCUT2D eigenvalue weighted by Gasteiger charge is 2.16. The minimum atomic E-state index is -1.03. The minimum Gasteiger partial charge on any atom is -0.507 e. The molecule has 1 aromatic carbocycles. The van der Waals surface area contributed by atoms with Crippen LogP contribution in [-0.4, -0.2) is 30.1 Å². The molecule has 0 unspecified atom stereocenters. The van der Waals surface area contributed by atoms with Crippen molar-refractivity contribution in [1.82, 2.24) is 0 Å². The van der Waals surface area contributed by atoms with E-state index in [9.17, 15) is 14.7 Å². The molecular weight excluding hydrogens is 260 g/mol. The fourth-order valence-corrected chi connectivity index (χ4v) is 1.56. The Hall–Kier alpha value is -2.30. The molecule has 1 N–H and O–H groups in total. The molecule has 5 heteroatoms. The van der Waals surface area contributed by atoms with E-state index in [1.165, 1.54) is 0 Å². The maximum absolute atomic E-state index is 11.4. The second-order valence-electron chi connectivity index (χ2n) is 4.55. The average Bonchev–Trinajstić information content (AvgIpc) is 2.39. The molecule has 5 nitrogen and oxygen atoms in total. The number of esters is 1. The van der Waals surface area contributed by atoms with Gasteiger partial charge in [-0.2, -0.15) is 0 Å². The molecule has 0 aromatic heterocycles. The Morgan fingerprint density at radius 3 is 2.50 bits per heavy atom. The van der Waals surface area contributed by atoms with Crippen molar-refractivity contribution in [3.05, 3.63) is 35.4 Å². The van der Waals surface area contributed by atoms with Gasteiger partial charge in [0.25, 0.3) is 5.78 Å². The van der Waals surface area contributed by atoms with Crippen LogP contribution in [0, 0.1) is 6.92 Å². The molecule has 0 aliphatic rings. The normalized spacial score (nSPS) is 11.3. The Morgan fingerprint density at radius 2 is 1.95 bits per heavy atom. The van der Waals surface area contributed by atoms with E-state index in [1.807, 2.05) is 26.8 Å². The molecule has 0 amide bonds. The van der Waals surface area contributed by atoms with Gasteiger partial charge in [-0.1, -0.05) is 11.6 Å². The summed E-state index contributed by atoms with van der Waals surface area (Å²) in [6, 6.07) is 5.21. The Bertz CT molecular complexity index is 543. The standard InChI is InChI=1S/C15H18O5/c1-9(2)20-14-6-5-10(3)7-11(14)12(16)8-13(17)15(18)19-4/h5-9,16H,1-4H3/b12-8-. The second kappa shape index (κ2) is 6.75. The van der Waals surface area contributed by atoms with Crippen LogP contribution in [0.2, 0.25) is 0 Å². The van der Waals surface area contributed by atoms with Gasteiger partial charge in [0.05, 0.1) is 18.8 Å². The average molecular weight is 278 g/mol. The van der Waals surface area contributed by atoms with Crippen molar-refractivity contribution in [2.45, 2.75) is 26.9 Å². The SMILES string of the molecule is COC(=O)C(=O)/C=C(\O)c1cc(C)ccc1OC(C)C. The lowest BCUT2D eigenvalue weighted by molar-refractivity contribution is -0.149. The van der Waals surface area contributed by atoms with E-state index < -0.39 is 11.8 Å². The van der Waals surface area contributed by atoms with Crippen LogP contribution in [0.3, 0.4) is 0 Å². The summed E-state index contributed by atoms with van der Waals surface area (Å²) >= 11 is 0. The zero-order chi connectivity index (χ0) is 15.3. The smallest absolute Gasteiger partial charge is 0.378 e. The number of carbonyl (C=O) groups is 2. The fraction of sp³-hybridized carbons (Fsp3) is 0.333. The topological polar surface area (TPSA) is 72.8 Å². The first-order valence-corrected chi connectivity index (χ1v) is 6.15. The molecule has 0 bridgehead atoms. The number of rotatable bonds is 5. The van der Waals surface area contributed by atoms with E-state index in [1.54, 1.807) is 12.1 Å². The summed E-state index contributed by atoms with van der Waals surface area (Å²) in [6.07, 6.45) is 0.744. The second-order valence-corrected chi connectivity index (χ2v) is 4.55. The maximum Gasteiger partial charge on any atom is 0.378 e. The number of methoxy groups -OCH3 is 1. The third-order valence-electron chi connectivity index (χ3n) is 2.43. The van der Waals surface area contributed by atoms with Crippen molar-refractivity contribution >= 4 is 17.5 Å². The molecule has 0 radical (unpaired) electrons.